The zero-order chi connectivity index (χ0) is 10.8. The van der Waals surface area contributed by atoms with E-state index in [2.05, 4.69) is 11.9 Å². The second-order valence-electron chi connectivity index (χ2n) is 4.15. The summed E-state index contributed by atoms with van der Waals surface area (Å²) in [6, 6.07) is 5.55. The van der Waals surface area contributed by atoms with Crippen LogP contribution >= 0.6 is 0 Å². The van der Waals surface area contributed by atoms with Crippen molar-refractivity contribution in [2.24, 2.45) is 5.73 Å². The van der Waals surface area contributed by atoms with Crippen molar-refractivity contribution < 1.29 is 4.39 Å². The fourth-order valence-corrected chi connectivity index (χ4v) is 2.34. The van der Waals surface area contributed by atoms with Crippen molar-refractivity contribution in [2.45, 2.75) is 25.3 Å². The third-order valence-corrected chi connectivity index (χ3v) is 3.22. The maximum atomic E-state index is 13.0. The fourth-order valence-electron chi connectivity index (χ4n) is 2.34. The third-order valence-electron chi connectivity index (χ3n) is 3.22. The molecule has 0 radical (unpaired) electrons. The minimum Gasteiger partial charge on any atom is -0.371 e. The predicted molar refractivity (Wildman–Crippen MR) is 60.6 cm³/mol. The van der Waals surface area contributed by atoms with Gasteiger partial charge < -0.3 is 10.6 Å². The first kappa shape index (κ1) is 10.4. The van der Waals surface area contributed by atoms with Gasteiger partial charge in [-0.3, -0.25) is 0 Å². The summed E-state index contributed by atoms with van der Waals surface area (Å²) in [6.45, 7) is 0.714. The highest BCUT2D eigenvalue weighted by Gasteiger charge is 2.22. The Kier molecular flexibility index (Phi) is 2.91. The Morgan fingerprint density at radius 2 is 2.33 bits per heavy atom. The van der Waals surface area contributed by atoms with E-state index in [0.29, 0.717) is 12.6 Å². The van der Waals surface area contributed by atoms with Crippen molar-refractivity contribution >= 4 is 5.69 Å². The lowest BCUT2D eigenvalue weighted by atomic mass is 9.94. The van der Waals surface area contributed by atoms with Gasteiger partial charge in [0.15, 0.2) is 0 Å². The van der Waals surface area contributed by atoms with Crippen molar-refractivity contribution in [1.29, 1.82) is 0 Å². The number of rotatable bonds is 2. The first-order valence-corrected chi connectivity index (χ1v) is 5.43. The zero-order valence-corrected chi connectivity index (χ0v) is 9.04. The smallest absolute Gasteiger partial charge is 0.123 e. The highest BCUT2D eigenvalue weighted by Crippen LogP contribution is 2.30. The van der Waals surface area contributed by atoms with Gasteiger partial charge in [-0.05, 0) is 49.6 Å². The minimum absolute atomic E-state index is 0.139. The number of anilines is 1. The summed E-state index contributed by atoms with van der Waals surface area (Å²) in [5.41, 5.74) is 7.85. The number of halogens is 1. The molecular weight excluding hydrogens is 191 g/mol. The second-order valence-corrected chi connectivity index (χ2v) is 4.15. The van der Waals surface area contributed by atoms with E-state index in [1.54, 1.807) is 6.07 Å². The molecule has 3 heteroatoms. The molecule has 1 heterocycles. The van der Waals surface area contributed by atoms with E-state index >= 15 is 0 Å². The van der Waals surface area contributed by atoms with Crippen molar-refractivity contribution in [1.82, 2.24) is 0 Å². The Hall–Kier alpha value is -1.09. The third kappa shape index (κ3) is 1.97. The molecule has 1 unspecified atom stereocenters. The summed E-state index contributed by atoms with van der Waals surface area (Å²) >= 11 is 0. The summed E-state index contributed by atoms with van der Waals surface area (Å²) in [7, 11) is 2.07. The zero-order valence-electron chi connectivity index (χ0n) is 9.04. The normalized spacial score (nSPS) is 20.2. The molecule has 1 aliphatic rings. The van der Waals surface area contributed by atoms with E-state index in [9.17, 15) is 4.39 Å². The minimum atomic E-state index is -0.139. The Balaban J connectivity index is 2.26. The molecule has 0 aromatic heterocycles. The topological polar surface area (TPSA) is 29.3 Å². The molecule has 2 nitrogen and oxygen atoms in total. The Bertz CT molecular complexity index is 351. The molecule has 15 heavy (non-hydrogen) atoms. The van der Waals surface area contributed by atoms with Gasteiger partial charge in [-0.25, -0.2) is 4.39 Å². The monoisotopic (exact) mass is 208 g/mol. The molecule has 0 bridgehead atoms. The fraction of sp³-hybridized carbons (Fsp3) is 0.500. The lowest BCUT2D eigenvalue weighted by molar-refractivity contribution is 0.523. The summed E-state index contributed by atoms with van der Waals surface area (Å²) in [5, 5.41) is 0. The van der Waals surface area contributed by atoms with Crippen LogP contribution in [0.1, 0.15) is 18.4 Å². The molecule has 1 aromatic rings. The van der Waals surface area contributed by atoms with Crippen LogP contribution in [0.2, 0.25) is 0 Å². The molecule has 0 fully saturated rings. The van der Waals surface area contributed by atoms with Crippen LogP contribution in [-0.2, 0) is 6.42 Å². The summed E-state index contributed by atoms with van der Waals surface area (Å²) < 4.78 is 13.0. The number of benzene rings is 1. The predicted octanol–water partition coefficient (Wildman–Crippen LogP) is 1.93. The molecular formula is C12H17FN2. The van der Waals surface area contributed by atoms with Gasteiger partial charge in [0.25, 0.3) is 0 Å². The number of aryl methyl sites for hydroxylation is 1. The lowest BCUT2D eigenvalue weighted by Crippen LogP contribution is -2.37. The van der Waals surface area contributed by atoms with Gasteiger partial charge in [0.05, 0.1) is 0 Å². The van der Waals surface area contributed by atoms with Gasteiger partial charge in [-0.1, -0.05) is 0 Å². The molecule has 0 spiro atoms. The SMILES string of the molecule is CN1c2ccc(F)cc2CCC1CCN. The van der Waals surface area contributed by atoms with E-state index in [-0.39, 0.29) is 5.82 Å². The molecule has 2 N–H and O–H groups in total. The van der Waals surface area contributed by atoms with Gasteiger partial charge >= 0.3 is 0 Å². The van der Waals surface area contributed by atoms with E-state index < -0.39 is 0 Å². The number of fused-ring (bicyclic) bond motifs is 1. The van der Waals surface area contributed by atoms with Crippen LogP contribution in [0.15, 0.2) is 18.2 Å². The lowest BCUT2D eigenvalue weighted by Gasteiger charge is -2.36. The molecule has 82 valence electrons. The van der Waals surface area contributed by atoms with Gasteiger partial charge in [0, 0.05) is 18.8 Å². The van der Waals surface area contributed by atoms with Crippen LogP contribution in [0.25, 0.3) is 0 Å². The highest BCUT2D eigenvalue weighted by molar-refractivity contribution is 5.56. The largest absolute Gasteiger partial charge is 0.371 e. The maximum Gasteiger partial charge on any atom is 0.123 e. The average Bonchev–Trinajstić information content (AvgIpc) is 2.22. The molecule has 1 aliphatic heterocycles. The van der Waals surface area contributed by atoms with Crippen LogP contribution in [0.3, 0.4) is 0 Å². The quantitative estimate of drug-likeness (QED) is 0.804. The van der Waals surface area contributed by atoms with Crippen LogP contribution in [0, 0.1) is 5.82 Å². The first-order valence-electron chi connectivity index (χ1n) is 5.43. The van der Waals surface area contributed by atoms with E-state index in [1.807, 2.05) is 6.07 Å². The summed E-state index contributed by atoms with van der Waals surface area (Å²) in [6.07, 6.45) is 3.04. The standard InChI is InChI=1S/C12H17FN2/c1-15-11(6-7-14)4-2-9-8-10(13)3-5-12(9)15/h3,5,8,11H,2,4,6-7,14H2,1H3. The van der Waals surface area contributed by atoms with Crippen LogP contribution in [0.4, 0.5) is 10.1 Å². The Labute approximate surface area is 89.9 Å². The number of hydrogen-bond acceptors (Lipinski definition) is 2. The first-order chi connectivity index (χ1) is 7.22. The van der Waals surface area contributed by atoms with E-state index in [1.165, 1.54) is 6.07 Å². The number of hydrogen-bond donors (Lipinski definition) is 1. The van der Waals surface area contributed by atoms with E-state index in [4.69, 9.17) is 5.73 Å². The molecule has 0 aliphatic carbocycles. The molecule has 0 saturated heterocycles. The molecule has 1 aromatic carbocycles. The highest BCUT2D eigenvalue weighted by atomic mass is 19.1. The Morgan fingerprint density at radius 1 is 1.53 bits per heavy atom. The average molecular weight is 208 g/mol. The van der Waals surface area contributed by atoms with Crippen molar-refractivity contribution in [3.05, 3.63) is 29.6 Å². The van der Waals surface area contributed by atoms with Gasteiger partial charge in [-0.15, -0.1) is 0 Å². The Morgan fingerprint density at radius 3 is 3.07 bits per heavy atom. The maximum absolute atomic E-state index is 13.0. The molecule has 0 saturated carbocycles. The van der Waals surface area contributed by atoms with Crippen LogP contribution < -0.4 is 10.6 Å². The number of nitrogens with two attached hydrogens (primary N) is 1. The van der Waals surface area contributed by atoms with Crippen LogP contribution in [0.5, 0.6) is 0 Å². The summed E-state index contributed by atoms with van der Waals surface area (Å²) in [4.78, 5) is 2.23. The van der Waals surface area contributed by atoms with Crippen molar-refractivity contribution in [3.63, 3.8) is 0 Å². The van der Waals surface area contributed by atoms with E-state index in [0.717, 1.165) is 30.5 Å². The molecule has 2 rings (SSSR count). The summed E-state index contributed by atoms with van der Waals surface area (Å²) in [5.74, 6) is -0.139. The van der Waals surface area contributed by atoms with Gasteiger partial charge in [0.1, 0.15) is 5.82 Å². The van der Waals surface area contributed by atoms with Crippen molar-refractivity contribution in [3.8, 4) is 0 Å². The van der Waals surface area contributed by atoms with Crippen LogP contribution in [-0.4, -0.2) is 19.6 Å². The second kappa shape index (κ2) is 4.19. The van der Waals surface area contributed by atoms with Crippen molar-refractivity contribution in [2.75, 3.05) is 18.5 Å². The van der Waals surface area contributed by atoms with Gasteiger partial charge in [-0.2, -0.15) is 0 Å². The molecule has 0 amide bonds. The number of nitrogens with zero attached hydrogens (tertiary/aromatic N) is 1. The van der Waals surface area contributed by atoms with Gasteiger partial charge in [0.2, 0.25) is 0 Å². The molecule has 1 atom stereocenters.